The minimum Gasteiger partial charge on any atom is -0.491 e. The minimum absolute atomic E-state index is 0.125. The maximum absolute atomic E-state index is 12.5. The molecule has 1 atom stereocenters. The normalized spacial score (nSPS) is 11.8. The largest absolute Gasteiger partial charge is 0.491 e. The number of aryl methyl sites for hydroxylation is 2. The molecule has 0 radical (unpaired) electrons. The van der Waals surface area contributed by atoms with E-state index in [4.69, 9.17) is 9.47 Å². The van der Waals surface area contributed by atoms with Crippen LogP contribution in [0.1, 0.15) is 24.5 Å². The summed E-state index contributed by atoms with van der Waals surface area (Å²) >= 11 is 0. The molecule has 0 aliphatic carbocycles. The van der Waals surface area contributed by atoms with Gasteiger partial charge in [-0.2, -0.15) is 0 Å². The van der Waals surface area contributed by atoms with Gasteiger partial charge < -0.3 is 14.8 Å². The molecule has 0 aliphatic rings. The van der Waals surface area contributed by atoms with Gasteiger partial charge in [0, 0.05) is 0 Å². The molecule has 3 aromatic rings. The molecular weight excluding hydrogens is 350 g/mol. The number of amides is 1. The van der Waals surface area contributed by atoms with E-state index in [9.17, 15) is 4.79 Å². The van der Waals surface area contributed by atoms with Crippen LogP contribution in [-0.2, 0) is 4.79 Å². The second-order valence-electron chi connectivity index (χ2n) is 6.93. The molecule has 1 N–H and O–H groups in total. The predicted molar refractivity (Wildman–Crippen MR) is 113 cm³/mol. The average molecular weight is 377 g/mol. The Morgan fingerprint density at radius 2 is 1.79 bits per heavy atom. The highest BCUT2D eigenvalue weighted by atomic mass is 16.5. The van der Waals surface area contributed by atoms with Crippen LogP contribution in [0.3, 0.4) is 0 Å². The fourth-order valence-corrected chi connectivity index (χ4v) is 3.04. The quantitative estimate of drug-likeness (QED) is 0.573. The van der Waals surface area contributed by atoms with Crippen molar-refractivity contribution in [1.82, 2.24) is 5.32 Å². The second-order valence-corrected chi connectivity index (χ2v) is 6.93. The van der Waals surface area contributed by atoms with Crippen LogP contribution >= 0.6 is 0 Å². The van der Waals surface area contributed by atoms with Gasteiger partial charge in [0.25, 0.3) is 5.91 Å². The van der Waals surface area contributed by atoms with Gasteiger partial charge in [0.2, 0.25) is 0 Å². The molecule has 0 aromatic heterocycles. The molecule has 0 saturated carbocycles. The monoisotopic (exact) mass is 377 g/mol. The molecule has 3 rings (SSSR count). The van der Waals surface area contributed by atoms with E-state index >= 15 is 0 Å². The lowest BCUT2D eigenvalue weighted by Gasteiger charge is -2.18. The highest BCUT2D eigenvalue weighted by molar-refractivity contribution is 5.84. The summed E-state index contributed by atoms with van der Waals surface area (Å²) in [5.74, 6) is 1.43. The number of benzene rings is 3. The van der Waals surface area contributed by atoms with Crippen molar-refractivity contribution in [3.8, 4) is 11.5 Å². The van der Waals surface area contributed by atoms with Crippen molar-refractivity contribution in [2.75, 3.05) is 13.2 Å². The highest BCUT2D eigenvalue weighted by Gasteiger charge is 2.18. The van der Waals surface area contributed by atoms with Crippen LogP contribution in [0.5, 0.6) is 11.5 Å². The third-order valence-electron chi connectivity index (χ3n) is 4.67. The summed E-state index contributed by atoms with van der Waals surface area (Å²) in [5.41, 5.74) is 2.24. The van der Waals surface area contributed by atoms with Crippen molar-refractivity contribution in [1.29, 1.82) is 0 Å². The summed E-state index contributed by atoms with van der Waals surface area (Å²) in [6.45, 7) is 6.84. The van der Waals surface area contributed by atoms with Crippen LogP contribution in [0, 0.1) is 13.8 Å². The summed E-state index contributed by atoms with van der Waals surface area (Å²) in [6.07, 6.45) is 0.0677. The van der Waals surface area contributed by atoms with Gasteiger partial charge in [-0.25, -0.2) is 0 Å². The Bertz CT molecular complexity index is 951. The molecule has 1 amide bonds. The van der Waals surface area contributed by atoms with Crippen molar-refractivity contribution >= 4 is 16.7 Å². The summed E-state index contributed by atoms with van der Waals surface area (Å²) in [6, 6.07) is 20.1. The molecule has 0 saturated heterocycles. The maximum atomic E-state index is 12.5. The van der Waals surface area contributed by atoms with E-state index < -0.39 is 6.10 Å². The summed E-state index contributed by atoms with van der Waals surface area (Å²) in [4.78, 5) is 12.5. The molecule has 28 heavy (non-hydrogen) atoms. The van der Waals surface area contributed by atoms with Crippen molar-refractivity contribution in [2.45, 2.75) is 33.3 Å². The number of ether oxygens (including phenoxy) is 2. The number of hydrogen-bond acceptors (Lipinski definition) is 3. The third kappa shape index (κ3) is 5.03. The maximum Gasteiger partial charge on any atom is 0.261 e. The van der Waals surface area contributed by atoms with E-state index in [1.165, 1.54) is 0 Å². The number of rotatable bonds is 8. The Morgan fingerprint density at radius 1 is 1.00 bits per heavy atom. The van der Waals surface area contributed by atoms with Crippen LogP contribution in [0.2, 0.25) is 0 Å². The highest BCUT2D eigenvalue weighted by Crippen LogP contribution is 2.22. The van der Waals surface area contributed by atoms with Gasteiger partial charge in [0.1, 0.15) is 18.1 Å². The topological polar surface area (TPSA) is 47.6 Å². The van der Waals surface area contributed by atoms with E-state index in [1.54, 1.807) is 0 Å². The first kappa shape index (κ1) is 19.7. The standard InChI is InChI=1S/C24H27NO3/c1-4-22(28-21-12-11-19-7-5-6-8-20(19)16-21)24(26)25-13-14-27-23-15-17(2)9-10-18(23)3/h5-12,15-16,22H,4,13-14H2,1-3H3,(H,25,26)/t22-/m0/s1. The Balaban J connectivity index is 1.52. The van der Waals surface area contributed by atoms with Crippen LogP contribution in [0.25, 0.3) is 10.8 Å². The van der Waals surface area contributed by atoms with Gasteiger partial charge in [0.05, 0.1) is 6.54 Å². The van der Waals surface area contributed by atoms with E-state index in [0.717, 1.165) is 27.6 Å². The molecule has 0 unspecified atom stereocenters. The molecule has 0 fully saturated rings. The van der Waals surface area contributed by atoms with Gasteiger partial charge in [-0.3, -0.25) is 4.79 Å². The Labute approximate surface area is 166 Å². The van der Waals surface area contributed by atoms with Crippen LogP contribution in [0.15, 0.2) is 60.7 Å². The zero-order valence-electron chi connectivity index (χ0n) is 16.7. The van der Waals surface area contributed by atoms with E-state index in [0.29, 0.717) is 25.3 Å². The first-order valence-electron chi connectivity index (χ1n) is 9.70. The zero-order valence-corrected chi connectivity index (χ0v) is 16.7. The zero-order chi connectivity index (χ0) is 19.9. The Hall–Kier alpha value is -3.01. The molecule has 0 bridgehead atoms. The lowest BCUT2D eigenvalue weighted by Crippen LogP contribution is -2.39. The predicted octanol–water partition coefficient (Wildman–Crippen LogP) is 4.81. The molecular formula is C24H27NO3. The molecule has 3 aromatic carbocycles. The third-order valence-corrected chi connectivity index (χ3v) is 4.67. The lowest BCUT2D eigenvalue weighted by atomic mass is 10.1. The van der Waals surface area contributed by atoms with E-state index in [2.05, 4.69) is 17.4 Å². The number of hydrogen-bond donors (Lipinski definition) is 1. The smallest absolute Gasteiger partial charge is 0.261 e. The van der Waals surface area contributed by atoms with Crippen molar-refractivity contribution in [2.24, 2.45) is 0 Å². The molecule has 0 spiro atoms. The van der Waals surface area contributed by atoms with Gasteiger partial charge in [0.15, 0.2) is 6.10 Å². The van der Waals surface area contributed by atoms with Crippen molar-refractivity contribution < 1.29 is 14.3 Å². The molecule has 0 aliphatic heterocycles. The van der Waals surface area contributed by atoms with Crippen molar-refractivity contribution in [3.05, 3.63) is 71.8 Å². The Morgan fingerprint density at radius 3 is 2.57 bits per heavy atom. The summed E-state index contributed by atoms with van der Waals surface area (Å²) in [5, 5.41) is 5.15. The summed E-state index contributed by atoms with van der Waals surface area (Å²) < 4.78 is 11.7. The average Bonchev–Trinajstić information content (AvgIpc) is 2.71. The molecule has 4 heteroatoms. The van der Waals surface area contributed by atoms with Crippen LogP contribution in [0.4, 0.5) is 0 Å². The van der Waals surface area contributed by atoms with E-state index in [1.807, 2.05) is 69.3 Å². The van der Waals surface area contributed by atoms with E-state index in [-0.39, 0.29) is 5.91 Å². The SMILES string of the molecule is CC[C@H](Oc1ccc2ccccc2c1)C(=O)NCCOc1cc(C)ccc1C. The van der Waals surface area contributed by atoms with Gasteiger partial charge in [-0.15, -0.1) is 0 Å². The fraction of sp³-hybridized carbons (Fsp3) is 0.292. The van der Waals surface area contributed by atoms with Crippen LogP contribution in [-0.4, -0.2) is 25.2 Å². The first-order chi connectivity index (χ1) is 13.6. The van der Waals surface area contributed by atoms with Gasteiger partial charge >= 0.3 is 0 Å². The molecule has 4 nitrogen and oxygen atoms in total. The second kappa shape index (κ2) is 9.27. The number of carbonyl (C=O) groups is 1. The summed E-state index contributed by atoms with van der Waals surface area (Å²) in [7, 11) is 0. The molecule has 0 heterocycles. The Kier molecular flexibility index (Phi) is 6.53. The molecule has 146 valence electrons. The van der Waals surface area contributed by atoms with Crippen molar-refractivity contribution in [3.63, 3.8) is 0 Å². The first-order valence-corrected chi connectivity index (χ1v) is 9.70. The number of nitrogens with one attached hydrogen (secondary N) is 1. The minimum atomic E-state index is -0.526. The van der Waals surface area contributed by atoms with Gasteiger partial charge in [-0.1, -0.05) is 49.4 Å². The van der Waals surface area contributed by atoms with Crippen LogP contribution < -0.4 is 14.8 Å². The fourth-order valence-electron chi connectivity index (χ4n) is 3.04. The number of fused-ring (bicyclic) bond motifs is 1. The van der Waals surface area contributed by atoms with Gasteiger partial charge in [-0.05, 0) is 60.4 Å². The number of carbonyl (C=O) groups excluding carboxylic acids is 1. The lowest BCUT2D eigenvalue weighted by molar-refractivity contribution is -0.128.